The lowest BCUT2D eigenvalue weighted by molar-refractivity contribution is -0.119. The lowest BCUT2D eigenvalue weighted by Gasteiger charge is -2.21. The van der Waals surface area contributed by atoms with Gasteiger partial charge in [-0.1, -0.05) is 6.92 Å². The maximum absolute atomic E-state index is 11.9. The third kappa shape index (κ3) is 4.31. The molecule has 0 aliphatic heterocycles. The van der Waals surface area contributed by atoms with E-state index in [0.29, 0.717) is 18.4 Å². The van der Waals surface area contributed by atoms with Crippen LogP contribution in [0.5, 0.6) is 0 Å². The first-order chi connectivity index (χ1) is 10.0. The van der Waals surface area contributed by atoms with E-state index in [-0.39, 0.29) is 5.91 Å². The summed E-state index contributed by atoms with van der Waals surface area (Å²) in [4.78, 5) is 22.7. The normalized spacial score (nSPS) is 13.9. The molecule has 116 valence electrons. The summed E-state index contributed by atoms with van der Waals surface area (Å²) in [6.45, 7) is 7.18. The van der Waals surface area contributed by atoms with E-state index in [4.69, 9.17) is 0 Å². The maximum Gasteiger partial charge on any atom is 0.239 e. The van der Waals surface area contributed by atoms with E-state index < -0.39 is 0 Å². The van der Waals surface area contributed by atoms with Gasteiger partial charge in [-0.2, -0.15) is 0 Å². The molecule has 1 aliphatic rings. The Kier molecular flexibility index (Phi) is 4.98. The lowest BCUT2D eigenvalue weighted by Crippen LogP contribution is -2.37. The van der Waals surface area contributed by atoms with Gasteiger partial charge >= 0.3 is 0 Å². The van der Waals surface area contributed by atoms with Crippen LogP contribution in [0.15, 0.2) is 0 Å². The maximum atomic E-state index is 11.9. The monoisotopic (exact) mass is 291 g/mol. The topological polar surface area (TPSA) is 70.2 Å². The van der Waals surface area contributed by atoms with Crippen LogP contribution in [-0.2, 0) is 4.79 Å². The van der Waals surface area contributed by atoms with Crippen molar-refractivity contribution in [1.82, 2.24) is 15.3 Å². The molecule has 21 heavy (non-hydrogen) atoms. The number of nitrogens with zero attached hydrogens (tertiary/aromatic N) is 3. The molecule has 0 bridgehead atoms. The zero-order chi connectivity index (χ0) is 15.4. The number of amides is 1. The number of aromatic nitrogens is 2. The Bertz CT molecular complexity index is 513. The highest BCUT2D eigenvalue weighted by atomic mass is 16.2. The Balaban J connectivity index is 2.09. The molecule has 0 spiro atoms. The van der Waals surface area contributed by atoms with Gasteiger partial charge in [0.15, 0.2) is 0 Å². The summed E-state index contributed by atoms with van der Waals surface area (Å²) < 4.78 is 0. The van der Waals surface area contributed by atoms with Crippen LogP contribution in [0.25, 0.3) is 0 Å². The van der Waals surface area contributed by atoms with Crippen molar-refractivity contribution in [2.75, 3.05) is 30.4 Å². The summed E-state index contributed by atoms with van der Waals surface area (Å²) in [5, 5.41) is 6.31. The van der Waals surface area contributed by atoms with Crippen molar-refractivity contribution in [2.24, 2.45) is 0 Å². The summed E-state index contributed by atoms with van der Waals surface area (Å²) in [5.41, 5.74) is 0.982. The third-order valence-electron chi connectivity index (χ3n) is 3.46. The van der Waals surface area contributed by atoms with E-state index in [2.05, 4.69) is 27.5 Å². The number of likely N-dealkylation sites (N-methyl/N-ethyl adjacent to an activating group) is 1. The second-order valence-electron chi connectivity index (χ2n) is 5.69. The van der Waals surface area contributed by atoms with E-state index in [1.54, 1.807) is 0 Å². The van der Waals surface area contributed by atoms with Gasteiger partial charge in [-0.3, -0.25) is 4.79 Å². The number of hydrogen-bond donors (Lipinski definition) is 2. The van der Waals surface area contributed by atoms with Gasteiger partial charge in [0.2, 0.25) is 5.91 Å². The number of hydrogen-bond acceptors (Lipinski definition) is 5. The van der Waals surface area contributed by atoms with Gasteiger partial charge in [-0.25, -0.2) is 9.97 Å². The number of anilines is 2. The zero-order valence-corrected chi connectivity index (χ0v) is 13.4. The summed E-state index contributed by atoms with van der Waals surface area (Å²) in [5.74, 6) is 2.43. The summed E-state index contributed by atoms with van der Waals surface area (Å²) >= 11 is 0. The first kappa shape index (κ1) is 15.5. The highest BCUT2D eigenvalue weighted by Crippen LogP contribution is 2.23. The van der Waals surface area contributed by atoms with Crippen molar-refractivity contribution in [3.05, 3.63) is 11.4 Å². The Labute approximate surface area is 126 Å². The molecule has 1 saturated carbocycles. The molecular formula is C15H25N5O. The van der Waals surface area contributed by atoms with Crippen molar-refractivity contribution >= 4 is 17.5 Å². The van der Waals surface area contributed by atoms with Crippen molar-refractivity contribution in [1.29, 1.82) is 0 Å². The molecule has 0 saturated heterocycles. The Morgan fingerprint density at radius 2 is 2.05 bits per heavy atom. The van der Waals surface area contributed by atoms with Crippen molar-refractivity contribution < 1.29 is 4.79 Å². The minimum Gasteiger partial charge on any atom is -0.370 e. The van der Waals surface area contributed by atoms with E-state index in [1.165, 1.54) is 0 Å². The SMILES string of the molecule is CCCNc1nc(C)nc(N(C)CC(=O)NC2CC2)c1C. The van der Waals surface area contributed by atoms with Crippen molar-refractivity contribution in [3.63, 3.8) is 0 Å². The number of carbonyl (C=O) groups excluding carboxylic acids is 1. The minimum atomic E-state index is 0.0544. The first-order valence-electron chi connectivity index (χ1n) is 7.60. The molecule has 6 nitrogen and oxygen atoms in total. The molecule has 1 heterocycles. The lowest BCUT2D eigenvalue weighted by atomic mass is 10.2. The van der Waals surface area contributed by atoms with Gasteiger partial charge in [0.25, 0.3) is 0 Å². The second-order valence-corrected chi connectivity index (χ2v) is 5.69. The smallest absolute Gasteiger partial charge is 0.239 e. The van der Waals surface area contributed by atoms with Crippen LogP contribution < -0.4 is 15.5 Å². The fourth-order valence-electron chi connectivity index (χ4n) is 2.19. The second kappa shape index (κ2) is 6.74. The van der Waals surface area contributed by atoms with Crippen molar-refractivity contribution in [2.45, 2.75) is 46.1 Å². The van der Waals surface area contributed by atoms with Crippen molar-refractivity contribution in [3.8, 4) is 0 Å². The van der Waals surface area contributed by atoms with E-state index in [0.717, 1.165) is 43.0 Å². The molecule has 2 N–H and O–H groups in total. The standard InChI is InChI=1S/C15H25N5O/c1-5-8-16-14-10(2)15(18-11(3)17-14)20(4)9-13(21)19-12-6-7-12/h12H,5-9H2,1-4H3,(H,19,21)(H,16,17,18). The minimum absolute atomic E-state index is 0.0544. The van der Waals surface area contributed by atoms with Crippen LogP contribution >= 0.6 is 0 Å². The molecule has 2 rings (SSSR count). The average Bonchev–Trinajstić information content (AvgIpc) is 3.22. The molecular weight excluding hydrogens is 266 g/mol. The molecule has 1 fully saturated rings. The Morgan fingerprint density at radius 1 is 1.33 bits per heavy atom. The zero-order valence-electron chi connectivity index (χ0n) is 13.4. The summed E-state index contributed by atoms with van der Waals surface area (Å²) in [6.07, 6.45) is 3.25. The van der Waals surface area contributed by atoms with E-state index >= 15 is 0 Å². The summed E-state index contributed by atoms with van der Waals surface area (Å²) in [6, 6.07) is 0.390. The number of nitrogens with one attached hydrogen (secondary N) is 2. The third-order valence-corrected chi connectivity index (χ3v) is 3.46. The van der Waals surface area contributed by atoms with Crippen LogP contribution in [-0.4, -0.2) is 42.1 Å². The van der Waals surface area contributed by atoms with E-state index in [9.17, 15) is 4.79 Å². The van der Waals surface area contributed by atoms with Gasteiger partial charge in [-0.05, 0) is 33.1 Å². The number of rotatable bonds is 7. The molecule has 1 aliphatic carbocycles. The number of carbonyl (C=O) groups is 1. The molecule has 1 aromatic heterocycles. The van der Waals surface area contributed by atoms with Crippen LogP contribution in [0.1, 0.15) is 37.6 Å². The van der Waals surface area contributed by atoms with E-state index in [1.807, 2.05) is 25.8 Å². The van der Waals surface area contributed by atoms with Crippen LogP contribution in [0, 0.1) is 13.8 Å². The van der Waals surface area contributed by atoms with Gasteiger partial charge in [-0.15, -0.1) is 0 Å². The van der Waals surface area contributed by atoms with Gasteiger partial charge in [0.05, 0.1) is 6.54 Å². The van der Waals surface area contributed by atoms with Gasteiger partial charge in [0, 0.05) is 25.2 Å². The highest BCUT2D eigenvalue weighted by molar-refractivity contribution is 5.82. The summed E-state index contributed by atoms with van der Waals surface area (Å²) in [7, 11) is 1.89. The predicted molar refractivity (Wildman–Crippen MR) is 84.7 cm³/mol. The quantitative estimate of drug-likeness (QED) is 0.799. The van der Waals surface area contributed by atoms with Crippen LogP contribution in [0.3, 0.4) is 0 Å². The molecule has 0 atom stereocenters. The first-order valence-corrected chi connectivity index (χ1v) is 7.60. The number of aryl methyl sites for hydroxylation is 1. The predicted octanol–water partition coefficient (Wildman–Crippen LogP) is 1.63. The Hall–Kier alpha value is -1.85. The van der Waals surface area contributed by atoms with Gasteiger partial charge < -0.3 is 15.5 Å². The molecule has 0 unspecified atom stereocenters. The fraction of sp³-hybridized carbons (Fsp3) is 0.667. The molecule has 1 amide bonds. The van der Waals surface area contributed by atoms with Crippen LogP contribution in [0.2, 0.25) is 0 Å². The van der Waals surface area contributed by atoms with Crippen LogP contribution in [0.4, 0.5) is 11.6 Å². The molecule has 1 aromatic rings. The Morgan fingerprint density at radius 3 is 2.67 bits per heavy atom. The fourth-order valence-corrected chi connectivity index (χ4v) is 2.19. The molecule has 0 aromatic carbocycles. The average molecular weight is 291 g/mol. The highest BCUT2D eigenvalue weighted by Gasteiger charge is 2.24. The van der Waals surface area contributed by atoms with Gasteiger partial charge in [0.1, 0.15) is 17.5 Å². The molecule has 6 heteroatoms. The largest absolute Gasteiger partial charge is 0.370 e. The molecule has 0 radical (unpaired) electrons.